The van der Waals surface area contributed by atoms with Crippen LogP contribution in [-0.2, 0) is 0 Å². The van der Waals surface area contributed by atoms with Crippen molar-refractivity contribution in [2.24, 2.45) is 0 Å². The van der Waals surface area contributed by atoms with Gasteiger partial charge < -0.3 is 0 Å². The van der Waals surface area contributed by atoms with E-state index >= 15 is 0 Å². The maximum atomic E-state index is 13.8. The van der Waals surface area contributed by atoms with Gasteiger partial charge in [-0.3, -0.25) is 9.69 Å². The summed E-state index contributed by atoms with van der Waals surface area (Å²) < 4.78 is 27.3. The van der Waals surface area contributed by atoms with Crippen LogP contribution >= 0.6 is 0 Å². The molecule has 1 atom stereocenters. The molecule has 0 aliphatic carbocycles. The number of hydrogen-bond acceptors (Lipinski definition) is 2. The van der Waals surface area contributed by atoms with E-state index in [-0.39, 0.29) is 11.1 Å². The Kier molecular flexibility index (Phi) is 4.22. The fourth-order valence-corrected chi connectivity index (χ4v) is 1.79. The summed E-state index contributed by atoms with van der Waals surface area (Å²) in [6.07, 6.45) is 0.522. The molecule has 0 aliphatic heterocycles. The van der Waals surface area contributed by atoms with Gasteiger partial charge in [0.25, 0.3) is 0 Å². The SMILES string of the molecule is CCC(C)(C(=O)c1ccc(C)c(F)c1F)N(C)C. The third-order valence-corrected chi connectivity index (χ3v) is 3.68. The summed E-state index contributed by atoms with van der Waals surface area (Å²) in [6.45, 7) is 5.05. The van der Waals surface area contributed by atoms with Crippen molar-refractivity contribution < 1.29 is 13.6 Å². The van der Waals surface area contributed by atoms with Crippen molar-refractivity contribution >= 4 is 5.78 Å². The van der Waals surface area contributed by atoms with E-state index in [2.05, 4.69) is 0 Å². The predicted molar refractivity (Wildman–Crippen MR) is 67.8 cm³/mol. The average Bonchev–Trinajstić information content (AvgIpc) is 2.34. The molecule has 0 aromatic heterocycles. The summed E-state index contributed by atoms with van der Waals surface area (Å²) in [5.74, 6) is -2.40. The van der Waals surface area contributed by atoms with Gasteiger partial charge in [-0.1, -0.05) is 13.0 Å². The third kappa shape index (κ3) is 2.29. The number of carbonyl (C=O) groups is 1. The van der Waals surface area contributed by atoms with Crippen molar-refractivity contribution in [2.45, 2.75) is 32.7 Å². The first-order chi connectivity index (χ1) is 8.25. The fraction of sp³-hybridized carbons (Fsp3) is 0.500. The molecule has 0 amide bonds. The van der Waals surface area contributed by atoms with E-state index < -0.39 is 23.0 Å². The molecule has 0 bridgehead atoms. The van der Waals surface area contributed by atoms with Gasteiger partial charge in [-0.2, -0.15) is 0 Å². The molecular formula is C14H19F2NO. The number of aryl methyl sites for hydroxylation is 1. The van der Waals surface area contributed by atoms with Gasteiger partial charge in [0.1, 0.15) is 0 Å². The molecule has 0 saturated heterocycles. The normalized spacial score (nSPS) is 14.7. The smallest absolute Gasteiger partial charge is 0.185 e. The Labute approximate surface area is 107 Å². The van der Waals surface area contributed by atoms with Crippen molar-refractivity contribution in [3.05, 3.63) is 34.9 Å². The second-order valence-electron chi connectivity index (χ2n) is 4.91. The number of nitrogens with zero attached hydrogens (tertiary/aromatic N) is 1. The zero-order valence-corrected chi connectivity index (χ0v) is 11.5. The number of hydrogen-bond donors (Lipinski definition) is 0. The minimum absolute atomic E-state index is 0.184. The third-order valence-electron chi connectivity index (χ3n) is 3.68. The molecular weight excluding hydrogens is 236 g/mol. The molecule has 4 heteroatoms. The molecule has 1 aromatic rings. The van der Waals surface area contributed by atoms with Crippen molar-refractivity contribution in [1.82, 2.24) is 4.90 Å². The van der Waals surface area contributed by atoms with Crippen LogP contribution in [0, 0.1) is 18.6 Å². The lowest BCUT2D eigenvalue weighted by atomic mass is 9.87. The lowest BCUT2D eigenvalue weighted by Gasteiger charge is -2.34. The summed E-state index contributed by atoms with van der Waals surface area (Å²) in [7, 11) is 3.51. The van der Waals surface area contributed by atoms with E-state index in [4.69, 9.17) is 0 Å². The molecule has 0 N–H and O–H groups in total. The first kappa shape index (κ1) is 14.8. The van der Waals surface area contributed by atoms with Gasteiger partial charge in [0.2, 0.25) is 0 Å². The lowest BCUT2D eigenvalue weighted by Crippen LogP contribution is -2.48. The number of likely N-dealkylation sites (N-methyl/N-ethyl adjacent to an activating group) is 1. The lowest BCUT2D eigenvalue weighted by molar-refractivity contribution is 0.0705. The van der Waals surface area contributed by atoms with Gasteiger partial charge in [-0.05, 0) is 46.0 Å². The average molecular weight is 255 g/mol. The number of Topliss-reactive ketones (excluding diaryl/α,β-unsaturated/α-hetero) is 1. The van der Waals surface area contributed by atoms with E-state index in [1.54, 1.807) is 25.9 Å². The quantitative estimate of drug-likeness (QED) is 0.770. The van der Waals surface area contributed by atoms with Crippen LogP contribution in [-0.4, -0.2) is 30.3 Å². The molecule has 0 fully saturated rings. The summed E-state index contributed by atoms with van der Waals surface area (Å²) >= 11 is 0. The standard InChI is InChI=1S/C14H19F2NO/c1-6-14(3,17(4)5)13(18)10-8-7-9(2)11(15)12(10)16/h7-8H,6H2,1-5H3. The highest BCUT2D eigenvalue weighted by Gasteiger charge is 2.36. The monoisotopic (exact) mass is 255 g/mol. The van der Waals surface area contributed by atoms with Crippen LogP contribution in [0.25, 0.3) is 0 Å². The minimum Gasteiger partial charge on any atom is -0.297 e. The minimum atomic E-state index is -1.05. The summed E-state index contributed by atoms with van der Waals surface area (Å²) in [5.41, 5.74) is -0.814. The number of halogens is 2. The van der Waals surface area contributed by atoms with E-state index in [9.17, 15) is 13.6 Å². The Morgan fingerprint density at radius 1 is 1.28 bits per heavy atom. The van der Waals surface area contributed by atoms with Gasteiger partial charge in [-0.25, -0.2) is 8.78 Å². The Hall–Kier alpha value is -1.29. The maximum Gasteiger partial charge on any atom is 0.185 e. The highest BCUT2D eigenvalue weighted by atomic mass is 19.2. The number of rotatable bonds is 4. The molecule has 2 nitrogen and oxygen atoms in total. The van der Waals surface area contributed by atoms with Gasteiger partial charge in [-0.15, -0.1) is 0 Å². The van der Waals surface area contributed by atoms with Crippen LogP contribution < -0.4 is 0 Å². The van der Waals surface area contributed by atoms with Crippen molar-refractivity contribution in [2.75, 3.05) is 14.1 Å². The summed E-state index contributed by atoms with van der Waals surface area (Å²) in [4.78, 5) is 14.1. The Balaban J connectivity index is 3.31. The molecule has 0 aliphatic rings. The van der Waals surface area contributed by atoms with Gasteiger partial charge >= 0.3 is 0 Å². The van der Waals surface area contributed by atoms with E-state index in [1.807, 2.05) is 6.92 Å². The first-order valence-electron chi connectivity index (χ1n) is 5.92. The second kappa shape index (κ2) is 5.14. The molecule has 1 aromatic carbocycles. The molecule has 100 valence electrons. The summed E-state index contributed by atoms with van der Waals surface area (Å²) in [5, 5.41) is 0. The predicted octanol–water partition coefficient (Wildman–Crippen LogP) is 3.19. The van der Waals surface area contributed by atoms with Crippen molar-refractivity contribution in [1.29, 1.82) is 0 Å². The maximum absolute atomic E-state index is 13.8. The Morgan fingerprint density at radius 2 is 1.83 bits per heavy atom. The van der Waals surface area contributed by atoms with Gasteiger partial charge in [0, 0.05) is 0 Å². The molecule has 1 rings (SSSR count). The molecule has 0 spiro atoms. The fourth-order valence-electron chi connectivity index (χ4n) is 1.79. The van der Waals surface area contributed by atoms with Crippen LogP contribution in [0.1, 0.15) is 36.2 Å². The van der Waals surface area contributed by atoms with E-state index in [0.29, 0.717) is 6.42 Å². The number of benzene rings is 1. The van der Waals surface area contributed by atoms with Crippen LogP contribution in [0.2, 0.25) is 0 Å². The zero-order chi connectivity index (χ0) is 14.1. The van der Waals surface area contributed by atoms with Gasteiger partial charge in [0.15, 0.2) is 17.4 Å². The largest absolute Gasteiger partial charge is 0.297 e. The second-order valence-corrected chi connectivity index (χ2v) is 4.91. The molecule has 0 saturated carbocycles. The molecule has 0 heterocycles. The van der Waals surface area contributed by atoms with Gasteiger partial charge in [0.05, 0.1) is 11.1 Å². The van der Waals surface area contributed by atoms with E-state index in [0.717, 1.165) is 0 Å². The highest BCUT2D eigenvalue weighted by molar-refractivity contribution is 6.03. The van der Waals surface area contributed by atoms with Crippen LogP contribution in [0.3, 0.4) is 0 Å². The molecule has 0 radical (unpaired) electrons. The Morgan fingerprint density at radius 3 is 2.28 bits per heavy atom. The van der Waals surface area contributed by atoms with Crippen molar-refractivity contribution in [3.8, 4) is 0 Å². The van der Waals surface area contributed by atoms with Crippen LogP contribution in [0.15, 0.2) is 12.1 Å². The Bertz CT molecular complexity index is 471. The number of ketones is 1. The van der Waals surface area contributed by atoms with Crippen LogP contribution in [0.5, 0.6) is 0 Å². The van der Waals surface area contributed by atoms with Crippen LogP contribution in [0.4, 0.5) is 8.78 Å². The van der Waals surface area contributed by atoms with Crippen molar-refractivity contribution in [3.63, 3.8) is 0 Å². The topological polar surface area (TPSA) is 20.3 Å². The molecule has 1 unspecified atom stereocenters. The number of carbonyl (C=O) groups excluding carboxylic acids is 1. The highest BCUT2D eigenvalue weighted by Crippen LogP contribution is 2.25. The summed E-state index contributed by atoms with van der Waals surface area (Å²) in [6, 6.07) is 2.78. The first-order valence-corrected chi connectivity index (χ1v) is 5.92. The van der Waals surface area contributed by atoms with E-state index in [1.165, 1.54) is 19.1 Å². The zero-order valence-electron chi connectivity index (χ0n) is 11.5. The molecule has 18 heavy (non-hydrogen) atoms.